The third-order valence-electron chi connectivity index (χ3n) is 3.98. The third kappa shape index (κ3) is 3.16. The molecule has 1 aromatic heterocycles. The molecule has 0 spiro atoms. The van der Waals surface area contributed by atoms with Crippen LogP contribution >= 0.6 is 0 Å². The van der Waals surface area contributed by atoms with Crippen LogP contribution in [0, 0.1) is 6.92 Å². The average Bonchev–Trinajstić information content (AvgIpc) is 2.45. The number of aryl methyl sites for hydroxylation is 1. The fraction of sp³-hybridized carbons (Fsp3) is 0.600. The summed E-state index contributed by atoms with van der Waals surface area (Å²) in [5.74, 6) is -0.438. The second kappa shape index (κ2) is 6.41. The predicted molar refractivity (Wildman–Crippen MR) is 78.5 cm³/mol. The van der Waals surface area contributed by atoms with Gasteiger partial charge in [-0.15, -0.1) is 0 Å². The quantitative estimate of drug-likeness (QED) is 0.831. The number of hydrogen-bond acceptors (Lipinski definition) is 4. The zero-order chi connectivity index (χ0) is 15.6. The summed E-state index contributed by atoms with van der Waals surface area (Å²) in [6.45, 7) is 4.56. The highest BCUT2D eigenvalue weighted by atomic mass is 16.5. The lowest BCUT2D eigenvalue weighted by Gasteiger charge is -2.28. The Hall–Kier alpha value is -1.66. The summed E-state index contributed by atoms with van der Waals surface area (Å²) < 4.78 is 6.64. The molecule has 1 saturated heterocycles. The molecule has 21 heavy (non-hydrogen) atoms. The van der Waals surface area contributed by atoms with E-state index in [-0.39, 0.29) is 23.8 Å². The first-order valence-corrected chi connectivity index (χ1v) is 7.21. The molecular formula is C15H22N2O4. The lowest BCUT2D eigenvalue weighted by Crippen LogP contribution is -2.49. The lowest BCUT2D eigenvalue weighted by molar-refractivity contribution is -0.0261. The summed E-state index contributed by atoms with van der Waals surface area (Å²) >= 11 is 0. The SMILES string of the molecule is CCc1c(C)cc(C(=O)N[C@@H]2CCOC[C@H]2O)c(=O)n1C. The van der Waals surface area contributed by atoms with Crippen LogP contribution in [0.15, 0.2) is 10.9 Å². The van der Waals surface area contributed by atoms with E-state index in [9.17, 15) is 14.7 Å². The molecule has 0 bridgehead atoms. The van der Waals surface area contributed by atoms with Crippen molar-refractivity contribution in [1.29, 1.82) is 0 Å². The number of pyridine rings is 1. The highest BCUT2D eigenvalue weighted by Crippen LogP contribution is 2.10. The molecule has 2 rings (SSSR count). The molecule has 1 aromatic rings. The van der Waals surface area contributed by atoms with Crippen molar-refractivity contribution in [3.05, 3.63) is 33.2 Å². The second-order valence-corrected chi connectivity index (χ2v) is 5.42. The van der Waals surface area contributed by atoms with E-state index in [1.54, 1.807) is 13.1 Å². The molecule has 0 unspecified atom stereocenters. The highest BCUT2D eigenvalue weighted by Gasteiger charge is 2.26. The molecule has 0 aliphatic carbocycles. The minimum Gasteiger partial charge on any atom is -0.389 e. The van der Waals surface area contributed by atoms with Crippen LogP contribution < -0.4 is 10.9 Å². The van der Waals surface area contributed by atoms with Crippen molar-refractivity contribution in [2.45, 2.75) is 38.8 Å². The molecule has 2 N–H and O–H groups in total. The van der Waals surface area contributed by atoms with Crippen LogP contribution in [-0.2, 0) is 18.2 Å². The Morgan fingerprint density at radius 1 is 1.57 bits per heavy atom. The van der Waals surface area contributed by atoms with Gasteiger partial charge in [0.1, 0.15) is 5.56 Å². The third-order valence-corrected chi connectivity index (χ3v) is 3.98. The fourth-order valence-corrected chi connectivity index (χ4v) is 2.75. The molecule has 0 aromatic carbocycles. The van der Waals surface area contributed by atoms with Crippen molar-refractivity contribution in [1.82, 2.24) is 9.88 Å². The number of aliphatic hydroxyl groups excluding tert-OH is 1. The van der Waals surface area contributed by atoms with E-state index in [4.69, 9.17) is 4.74 Å². The van der Waals surface area contributed by atoms with Gasteiger partial charge in [-0.2, -0.15) is 0 Å². The first-order valence-electron chi connectivity index (χ1n) is 7.21. The summed E-state index contributed by atoms with van der Waals surface area (Å²) in [7, 11) is 1.67. The Bertz CT molecular complexity index is 594. The number of rotatable bonds is 3. The van der Waals surface area contributed by atoms with Crippen LogP contribution in [0.3, 0.4) is 0 Å². The number of carbonyl (C=O) groups is 1. The van der Waals surface area contributed by atoms with Crippen LogP contribution in [0.4, 0.5) is 0 Å². The Morgan fingerprint density at radius 2 is 2.29 bits per heavy atom. The molecule has 6 heteroatoms. The molecule has 1 fully saturated rings. The number of ether oxygens (including phenoxy) is 1. The Balaban J connectivity index is 2.25. The van der Waals surface area contributed by atoms with Gasteiger partial charge in [-0.3, -0.25) is 9.59 Å². The van der Waals surface area contributed by atoms with Crippen LogP contribution in [0.25, 0.3) is 0 Å². The number of aliphatic hydroxyl groups is 1. The minimum atomic E-state index is -0.734. The Kier molecular flexibility index (Phi) is 4.80. The van der Waals surface area contributed by atoms with Gasteiger partial charge in [0.15, 0.2) is 0 Å². The Morgan fingerprint density at radius 3 is 2.90 bits per heavy atom. The maximum Gasteiger partial charge on any atom is 0.263 e. The molecule has 1 aliphatic heterocycles. The second-order valence-electron chi connectivity index (χ2n) is 5.42. The number of aromatic nitrogens is 1. The van der Waals surface area contributed by atoms with Gasteiger partial charge in [-0.25, -0.2) is 0 Å². The first-order chi connectivity index (χ1) is 9.95. The van der Waals surface area contributed by atoms with Crippen molar-refractivity contribution in [3.63, 3.8) is 0 Å². The summed E-state index contributed by atoms with van der Waals surface area (Å²) in [6.07, 6.45) is 0.541. The summed E-state index contributed by atoms with van der Waals surface area (Å²) in [5.41, 5.74) is 1.64. The van der Waals surface area contributed by atoms with Gasteiger partial charge in [0.25, 0.3) is 11.5 Å². The average molecular weight is 294 g/mol. The van der Waals surface area contributed by atoms with E-state index in [0.29, 0.717) is 13.0 Å². The van der Waals surface area contributed by atoms with Gasteiger partial charge in [0.2, 0.25) is 0 Å². The van der Waals surface area contributed by atoms with Gasteiger partial charge < -0.3 is 19.7 Å². The van der Waals surface area contributed by atoms with Crippen molar-refractivity contribution >= 4 is 5.91 Å². The summed E-state index contributed by atoms with van der Waals surface area (Å²) in [6, 6.07) is 1.25. The number of amides is 1. The standard InChI is InChI=1S/C15H22N2O4/c1-4-12-9(2)7-10(15(20)17(12)3)14(19)16-11-5-6-21-8-13(11)18/h7,11,13,18H,4-6,8H2,1-3H3,(H,16,19)/t11-,13-/m1/s1. The van der Waals surface area contributed by atoms with Crippen LogP contribution in [0.1, 0.15) is 35.0 Å². The number of nitrogens with one attached hydrogen (secondary N) is 1. The van der Waals surface area contributed by atoms with E-state index in [1.807, 2.05) is 13.8 Å². The molecular weight excluding hydrogens is 272 g/mol. The van der Waals surface area contributed by atoms with Gasteiger partial charge in [0.05, 0.1) is 18.8 Å². The van der Waals surface area contributed by atoms with E-state index in [0.717, 1.165) is 17.7 Å². The van der Waals surface area contributed by atoms with Crippen molar-refractivity contribution in [2.75, 3.05) is 13.2 Å². The van der Waals surface area contributed by atoms with Crippen molar-refractivity contribution in [2.24, 2.45) is 7.05 Å². The predicted octanol–water partition coefficient (Wildman–Crippen LogP) is 0.136. The number of carbonyl (C=O) groups excluding carboxylic acids is 1. The summed E-state index contributed by atoms with van der Waals surface area (Å²) in [5, 5.41) is 12.5. The largest absolute Gasteiger partial charge is 0.389 e. The molecule has 0 saturated carbocycles. The Labute approximate surface area is 123 Å². The highest BCUT2D eigenvalue weighted by molar-refractivity contribution is 5.94. The number of hydrogen-bond donors (Lipinski definition) is 2. The molecule has 1 aliphatic rings. The maximum atomic E-state index is 12.3. The topological polar surface area (TPSA) is 80.6 Å². The first kappa shape index (κ1) is 15.7. The van der Waals surface area contributed by atoms with E-state index in [1.165, 1.54) is 4.57 Å². The zero-order valence-electron chi connectivity index (χ0n) is 12.7. The minimum absolute atomic E-state index is 0.117. The maximum absolute atomic E-state index is 12.3. The van der Waals surface area contributed by atoms with Crippen molar-refractivity contribution < 1.29 is 14.6 Å². The molecule has 6 nitrogen and oxygen atoms in total. The monoisotopic (exact) mass is 294 g/mol. The van der Waals surface area contributed by atoms with Crippen LogP contribution in [0.2, 0.25) is 0 Å². The van der Waals surface area contributed by atoms with E-state index < -0.39 is 12.0 Å². The normalized spacial score (nSPS) is 22.1. The van der Waals surface area contributed by atoms with Gasteiger partial charge in [-0.1, -0.05) is 6.92 Å². The van der Waals surface area contributed by atoms with E-state index in [2.05, 4.69) is 5.32 Å². The number of nitrogens with zero attached hydrogens (tertiary/aromatic N) is 1. The van der Waals surface area contributed by atoms with Gasteiger partial charge in [-0.05, 0) is 31.4 Å². The zero-order valence-corrected chi connectivity index (χ0v) is 12.7. The van der Waals surface area contributed by atoms with Gasteiger partial charge in [0, 0.05) is 19.3 Å². The molecule has 2 heterocycles. The molecule has 2 atom stereocenters. The fourth-order valence-electron chi connectivity index (χ4n) is 2.75. The van der Waals surface area contributed by atoms with Crippen LogP contribution in [0.5, 0.6) is 0 Å². The molecule has 116 valence electrons. The van der Waals surface area contributed by atoms with Crippen LogP contribution in [-0.4, -0.2) is 40.9 Å². The van der Waals surface area contributed by atoms with E-state index >= 15 is 0 Å². The van der Waals surface area contributed by atoms with Gasteiger partial charge >= 0.3 is 0 Å². The lowest BCUT2D eigenvalue weighted by atomic mass is 10.0. The molecule has 1 amide bonds. The van der Waals surface area contributed by atoms with Crippen molar-refractivity contribution in [3.8, 4) is 0 Å². The smallest absolute Gasteiger partial charge is 0.263 e. The molecule has 0 radical (unpaired) electrons. The summed E-state index contributed by atoms with van der Waals surface area (Å²) in [4.78, 5) is 24.6.